The van der Waals surface area contributed by atoms with Crippen LogP contribution in [-0.4, -0.2) is 60.2 Å². The van der Waals surface area contributed by atoms with E-state index in [9.17, 15) is 19.2 Å². The first-order valence-corrected chi connectivity index (χ1v) is 8.29. The lowest BCUT2D eigenvalue weighted by Crippen LogP contribution is -2.38. The van der Waals surface area contributed by atoms with Crippen LogP contribution in [0.2, 0.25) is 0 Å². The summed E-state index contributed by atoms with van der Waals surface area (Å²) in [5, 5.41) is 0. The molecule has 0 unspecified atom stereocenters. The van der Waals surface area contributed by atoms with Gasteiger partial charge in [-0.15, -0.1) is 0 Å². The Morgan fingerprint density at radius 2 is 1.64 bits per heavy atom. The summed E-state index contributed by atoms with van der Waals surface area (Å²) in [5.74, 6) is -1.31. The highest BCUT2D eigenvalue weighted by Crippen LogP contribution is 2.22. The van der Waals surface area contributed by atoms with Crippen molar-refractivity contribution in [1.82, 2.24) is 9.80 Å². The van der Waals surface area contributed by atoms with Gasteiger partial charge in [-0.3, -0.25) is 24.1 Å². The van der Waals surface area contributed by atoms with Crippen molar-refractivity contribution in [2.75, 3.05) is 26.7 Å². The molecule has 0 N–H and O–H groups in total. The van der Waals surface area contributed by atoms with Gasteiger partial charge in [0.25, 0.3) is 11.8 Å². The van der Waals surface area contributed by atoms with Crippen molar-refractivity contribution in [3.05, 3.63) is 35.4 Å². The maximum atomic E-state index is 12.4. The number of carbonyl (C=O) groups excluding carboxylic acids is 4. The summed E-state index contributed by atoms with van der Waals surface area (Å²) in [7, 11) is 1.30. The number of methoxy groups -OCH3 is 1. The van der Waals surface area contributed by atoms with Gasteiger partial charge in [0, 0.05) is 26.1 Å². The molecule has 0 aromatic heterocycles. The zero-order chi connectivity index (χ0) is 18.4. The average Bonchev–Trinajstić information content (AvgIpc) is 2.87. The van der Waals surface area contributed by atoms with Gasteiger partial charge in [0.05, 0.1) is 24.7 Å². The SMILES string of the molecule is CCCN(CCC(=O)OC)C(=O)CCN1C(=O)c2ccccc2C1=O. The molecule has 1 heterocycles. The van der Waals surface area contributed by atoms with Crippen LogP contribution in [0.25, 0.3) is 0 Å². The number of hydrogen-bond donors (Lipinski definition) is 0. The van der Waals surface area contributed by atoms with E-state index in [2.05, 4.69) is 4.74 Å². The Hall–Kier alpha value is -2.70. The summed E-state index contributed by atoms with van der Waals surface area (Å²) in [5.41, 5.74) is 0.743. The van der Waals surface area contributed by atoms with E-state index in [4.69, 9.17) is 0 Å². The summed E-state index contributed by atoms with van der Waals surface area (Å²) < 4.78 is 4.59. The monoisotopic (exact) mass is 346 g/mol. The second-order valence-corrected chi connectivity index (χ2v) is 5.76. The highest BCUT2D eigenvalue weighted by atomic mass is 16.5. The summed E-state index contributed by atoms with van der Waals surface area (Å²) in [6, 6.07) is 6.62. The van der Waals surface area contributed by atoms with Crippen LogP contribution in [0.1, 0.15) is 46.9 Å². The second kappa shape index (κ2) is 8.41. The zero-order valence-corrected chi connectivity index (χ0v) is 14.5. The summed E-state index contributed by atoms with van der Waals surface area (Å²) in [6.45, 7) is 2.74. The number of carbonyl (C=O) groups is 4. The van der Waals surface area contributed by atoms with Crippen molar-refractivity contribution >= 4 is 23.7 Å². The predicted molar refractivity (Wildman–Crippen MR) is 89.9 cm³/mol. The van der Waals surface area contributed by atoms with Gasteiger partial charge in [-0.05, 0) is 18.6 Å². The lowest BCUT2D eigenvalue weighted by molar-refractivity contribution is -0.141. The van der Waals surface area contributed by atoms with E-state index in [1.54, 1.807) is 29.2 Å². The standard InChI is InChI=1S/C18H22N2O5/c1-3-10-19(11-9-16(22)25-2)15(21)8-12-20-17(23)13-6-4-5-7-14(13)18(20)24/h4-7H,3,8-12H2,1-2H3. The molecule has 2 rings (SSSR count). The fourth-order valence-electron chi connectivity index (χ4n) is 2.77. The molecule has 0 radical (unpaired) electrons. The minimum atomic E-state index is -0.380. The van der Waals surface area contributed by atoms with Crippen molar-refractivity contribution in [2.45, 2.75) is 26.2 Å². The van der Waals surface area contributed by atoms with Gasteiger partial charge in [0.15, 0.2) is 0 Å². The second-order valence-electron chi connectivity index (χ2n) is 5.76. The number of rotatable bonds is 8. The molecule has 0 atom stereocenters. The Balaban J connectivity index is 1.95. The third-order valence-electron chi connectivity index (χ3n) is 4.09. The van der Waals surface area contributed by atoms with E-state index in [1.807, 2.05) is 6.92 Å². The van der Waals surface area contributed by atoms with E-state index in [0.29, 0.717) is 17.7 Å². The fraction of sp³-hybridized carbons (Fsp3) is 0.444. The summed E-state index contributed by atoms with van der Waals surface area (Å²) in [4.78, 5) is 50.9. The molecule has 1 aromatic rings. The molecule has 1 aliphatic rings. The van der Waals surface area contributed by atoms with E-state index >= 15 is 0 Å². The van der Waals surface area contributed by atoms with E-state index in [0.717, 1.165) is 11.3 Å². The molecule has 0 saturated carbocycles. The molecule has 0 aliphatic carbocycles. The smallest absolute Gasteiger partial charge is 0.307 e. The molecule has 7 nitrogen and oxygen atoms in total. The molecule has 0 bridgehead atoms. The molecule has 0 fully saturated rings. The van der Waals surface area contributed by atoms with E-state index < -0.39 is 0 Å². The highest BCUT2D eigenvalue weighted by molar-refractivity contribution is 6.21. The van der Waals surface area contributed by atoms with Gasteiger partial charge in [0.2, 0.25) is 5.91 Å². The van der Waals surface area contributed by atoms with Gasteiger partial charge in [0.1, 0.15) is 0 Å². The van der Waals surface area contributed by atoms with Gasteiger partial charge < -0.3 is 9.64 Å². The molecule has 0 spiro atoms. The number of ether oxygens (including phenoxy) is 1. The normalized spacial score (nSPS) is 13.0. The van der Waals surface area contributed by atoms with Crippen molar-refractivity contribution in [1.29, 1.82) is 0 Å². The molecule has 1 aromatic carbocycles. The van der Waals surface area contributed by atoms with Crippen LogP contribution in [0.4, 0.5) is 0 Å². The number of benzene rings is 1. The zero-order valence-electron chi connectivity index (χ0n) is 14.5. The largest absolute Gasteiger partial charge is 0.469 e. The molecular formula is C18H22N2O5. The number of imide groups is 1. The maximum absolute atomic E-state index is 12.4. The van der Waals surface area contributed by atoms with Crippen LogP contribution in [-0.2, 0) is 14.3 Å². The topological polar surface area (TPSA) is 84.0 Å². The molecular weight excluding hydrogens is 324 g/mol. The molecule has 3 amide bonds. The number of nitrogens with zero attached hydrogens (tertiary/aromatic N) is 2. The Labute approximate surface area is 146 Å². The quantitative estimate of drug-likeness (QED) is 0.526. The number of fused-ring (bicyclic) bond motifs is 1. The summed E-state index contributed by atoms with van der Waals surface area (Å²) >= 11 is 0. The predicted octanol–water partition coefficient (Wildman–Crippen LogP) is 1.47. The van der Waals surface area contributed by atoms with Crippen LogP contribution in [0.5, 0.6) is 0 Å². The van der Waals surface area contributed by atoms with Crippen LogP contribution in [0.3, 0.4) is 0 Å². The van der Waals surface area contributed by atoms with Crippen LogP contribution in [0.15, 0.2) is 24.3 Å². The molecule has 25 heavy (non-hydrogen) atoms. The first-order chi connectivity index (χ1) is 12.0. The van der Waals surface area contributed by atoms with Gasteiger partial charge >= 0.3 is 5.97 Å². The highest BCUT2D eigenvalue weighted by Gasteiger charge is 2.35. The third-order valence-corrected chi connectivity index (χ3v) is 4.09. The van der Waals surface area contributed by atoms with Crippen molar-refractivity contribution in [3.63, 3.8) is 0 Å². The van der Waals surface area contributed by atoms with Gasteiger partial charge in [-0.25, -0.2) is 0 Å². The number of esters is 1. The van der Waals surface area contributed by atoms with Gasteiger partial charge in [-0.1, -0.05) is 19.1 Å². The van der Waals surface area contributed by atoms with Crippen LogP contribution < -0.4 is 0 Å². The Morgan fingerprint density at radius 1 is 1.04 bits per heavy atom. The average molecular weight is 346 g/mol. The number of amides is 3. The minimum Gasteiger partial charge on any atom is -0.469 e. The van der Waals surface area contributed by atoms with E-state index in [-0.39, 0.29) is 49.6 Å². The molecule has 1 aliphatic heterocycles. The van der Waals surface area contributed by atoms with Crippen molar-refractivity contribution in [2.24, 2.45) is 0 Å². The molecule has 7 heteroatoms. The third kappa shape index (κ3) is 4.23. The van der Waals surface area contributed by atoms with E-state index in [1.165, 1.54) is 7.11 Å². The Morgan fingerprint density at radius 3 is 2.16 bits per heavy atom. The van der Waals surface area contributed by atoms with Crippen molar-refractivity contribution in [3.8, 4) is 0 Å². The van der Waals surface area contributed by atoms with Crippen LogP contribution in [0, 0.1) is 0 Å². The maximum Gasteiger partial charge on any atom is 0.307 e. The fourth-order valence-corrected chi connectivity index (χ4v) is 2.77. The Kier molecular flexibility index (Phi) is 6.27. The lowest BCUT2D eigenvalue weighted by Gasteiger charge is -2.23. The first-order valence-electron chi connectivity index (χ1n) is 8.29. The van der Waals surface area contributed by atoms with Crippen molar-refractivity contribution < 1.29 is 23.9 Å². The van der Waals surface area contributed by atoms with Crippen LogP contribution >= 0.6 is 0 Å². The number of hydrogen-bond acceptors (Lipinski definition) is 5. The lowest BCUT2D eigenvalue weighted by atomic mass is 10.1. The first kappa shape index (κ1) is 18.6. The minimum absolute atomic E-state index is 0.0314. The Bertz CT molecular complexity index is 651. The molecule has 0 saturated heterocycles. The summed E-state index contributed by atoms with van der Waals surface area (Å²) in [6.07, 6.45) is 0.905. The van der Waals surface area contributed by atoms with Gasteiger partial charge in [-0.2, -0.15) is 0 Å². The molecule has 134 valence electrons.